The molecule has 0 aliphatic heterocycles. The van der Waals surface area contributed by atoms with E-state index in [4.69, 9.17) is 0 Å². The second kappa shape index (κ2) is 10.6. The maximum absolute atomic E-state index is 13.4. The summed E-state index contributed by atoms with van der Waals surface area (Å²) < 4.78 is 26.6. The summed E-state index contributed by atoms with van der Waals surface area (Å²) in [6.45, 7) is 1.87. The predicted octanol–water partition coefficient (Wildman–Crippen LogP) is 3.21. The highest BCUT2D eigenvalue weighted by Crippen LogP contribution is 2.19. The average Bonchev–Trinajstić information content (AvgIpc) is 3.07. The smallest absolute Gasteiger partial charge is 0.243 e. The molecule has 1 aromatic carbocycles. The Morgan fingerprint density at radius 2 is 1.92 bits per heavy atom. The summed E-state index contributed by atoms with van der Waals surface area (Å²) in [4.78, 5) is 17.6. The Morgan fingerprint density at radius 3 is 2.50 bits per heavy atom. The zero-order chi connectivity index (χ0) is 18.4. The summed E-state index contributed by atoms with van der Waals surface area (Å²) in [6, 6.07) is 3.86. The first kappa shape index (κ1) is 22.6. The number of hydrogen-bond acceptors (Lipinski definition) is 2. The Labute approximate surface area is 170 Å². The molecule has 1 fully saturated rings. The van der Waals surface area contributed by atoms with Crippen molar-refractivity contribution in [3.63, 3.8) is 0 Å². The Balaban J connectivity index is 0.00000338. The van der Waals surface area contributed by atoms with Gasteiger partial charge in [-0.2, -0.15) is 0 Å². The topological polar surface area (TPSA) is 56.7 Å². The minimum absolute atomic E-state index is 0. The molecule has 1 aromatic rings. The van der Waals surface area contributed by atoms with Crippen molar-refractivity contribution in [1.29, 1.82) is 0 Å². The lowest BCUT2D eigenvalue weighted by Crippen LogP contribution is -2.44. The third-order valence-corrected chi connectivity index (χ3v) is 4.36. The molecule has 0 aromatic heterocycles. The van der Waals surface area contributed by atoms with E-state index in [2.05, 4.69) is 15.6 Å². The molecule has 2 rings (SSSR count). The van der Waals surface area contributed by atoms with Crippen molar-refractivity contribution in [2.45, 2.75) is 44.7 Å². The molecule has 146 valence electrons. The van der Waals surface area contributed by atoms with Crippen LogP contribution in [0.3, 0.4) is 0 Å². The molecule has 0 saturated heterocycles. The lowest BCUT2D eigenvalue weighted by atomic mass is 10.1. The molecule has 0 bridgehead atoms. The fourth-order valence-electron chi connectivity index (χ4n) is 2.75. The number of carbonyl (C=O) groups is 1. The van der Waals surface area contributed by atoms with Crippen LogP contribution in [0.5, 0.6) is 0 Å². The first-order chi connectivity index (χ1) is 11.9. The van der Waals surface area contributed by atoms with Crippen LogP contribution in [0.15, 0.2) is 23.2 Å². The van der Waals surface area contributed by atoms with Gasteiger partial charge in [0.05, 0.1) is 6.04 Å². The van der Waals surface area contributed by atoms with Crippen molar-refractivity contribution >= 4 is 35.8 Å². The minimum atomic E-state index is -0.879. The molecule has 5 nitrogen and oxygen atoms in total. The Hall–Kier alpha value is -1.45. The number of guanidine groups is 1. The SMILES string of the molecule is CC(NC(=NCC(=O)N(C)C)NC1CCCC1)c1ccc(F)c(F)c1.I. The molecule has 0 spiro atoms. The van der Waals surface area contributed by atoms with Crippen molar-refractivity contribution < 1.29 is 13.6 Å². The molecule has 8 heteroatoms. The first-order valence-corrected chi connectivity index (χ1v) is 8.59. The van der Waals surface area contributed by atoms with Gasteiger partial charge in [0.15, 0.2) is 17.6 Å². The van der Waals surface area contributed by atoms with E-state index in [0.29, 0.717) is 17.6 Å². The van der Waals surface area contributed by atoms with Crippen LogP contribution in [0.2, 0.25) is 0 Å². The van der Waals surface area contributed by atoms with Crippen LogP contribution in [-0.2, 0) is 4.79 Å². The van der Waals surface area contributed by atoms with Crippen LogP contribution in [0, 0.1) is 11.6 Å². The Bertz CT molecular complexity index is 634. The second-order valence-corrected chi connectivity index (χ2v) is 6.62. The van der Waals surface area contributed by atoms with Gasteiger partial charge in [0.1, 0.15) is 6.54 Å². The van der Waals surface area contributed by atoms with Crippen molar-refractivity contribution in [3.05, 3.63) is 35.4 Å². The number of aliphatic imine (C=N–C) groups is 1. The van der Waals surface area contributed by atoms with Gasteiger partial charge in [-0.1, -0.05) is 18.9 Å². The van der Waals surface area contributed by atoms with E-state index < -0.39 is 11.6 Å². The molecule has 26 heavy (non-hydrogen) atoms. The normalized spacial score (nSPS) is 16.0. The maximum Gasteiger partial charge on any atom is 0.243 e. The van der Waals surface area contributed by atoms with E-state index in [9.17, 15) is 13.6 Å². The molecule has 1 unspecified atom stereocenters. The summed E-state index contributed by atoms with van der Waals surface area (Å²) in [5.41, 5.74) is 0.610. The molecular formula is C18H27F2IN4O. The summed E-state index contributed by atoms with van der Waals surface area (Å²) in [7, 11) is 3.36. The third-order valence-electron chi connectivity index (χ3n) is 4.36. The average molecular weight is 480 g/mol. The zero-order valence-corrected chi connectivity index (χ0v) is 17.7. The van der Waals surface area contributed by atoms with Crippen molar-refractivity contribution in [1.82, 2.24) is 15.5 Å². The quantitative estimate of drug-likeness (QED) is 0.387. The second-order valence-electron chi connectivity index (χ2n) is 6.62. The number of carbonyl (C=O) groups excluding carboxylic acids is 1. The first-order valence-electron chi connectivity index (χ1n) is 8.59. The van der Waals surface area contributed by atoms with E-state index in [1.54, 1.807) is 14.1 Å². The van der Waals surface area contributed by atoms with Gasteiger partial charge in [-0.15, -0.1) is 24.0 Å². The summed E-state index contributed by atoms with van der Waals surface area (Å²) in [5.74, 6) is -1.34. The van der Waals surface area contributed by atoms with E-state index in [-0.39, 0.29) is 42.5 Å². The number of amides is 1. The number of nitrogens with one attached hydrogen (secondary N) is 2. The van der Waals surface area contributed by atoms with Gasteiger partial charge in [-0.25, -0.2) is 13.8 Å². The van der Waals surface area contributed by atoms with Crippen molar-refractivity contribution in [2.24, 2.45) is 4.99 Å². The van der Waals surface area contributed by atoms with Crippen LogP contribution in [-0.4, -0.2) is 43.4 Å². The minimum Gasteiger partial charge on any atom is -0.354 e. The predicted molar refractivity (Wildman–Crippen MR) is 110 cm³/mol. The van der Waals surface area contributed by atoms with Gasteiger partial charge in [0.25, 0.3) is 0 Å². The van der Waals surface area contributed by atoms with Gasteiger partial charge in [0, 0.05) is 20.1 Å². The van der Waals surface area contributed by atoms with Crippen molar-refractivity contribution in [3.8, 4) is 0 Å². The number of benzene rings is 1. The molecule has 1 saturated carbocycles. The highest BCUT2D eigenvalue weighted by atomic mass is 127. The molecule has 1 aliphatic carbocycles. The third kappa shape index (κ3) is 6.69. The fourth-order valence-corrected chi connectivity index (χ4v) is 2.75. The van der Waals surface area contributed by atoms with Gasteiger partial charge >= 0.3 is 0 Å². The summed E-state index contributed by atoms with van der Waals surface area (Å²) in [5, 5.41) is 6.52. The molecule has 0 radical (unpaired) electrons. The van der Waals surface area contributed by atoms with E-state index in [0.717, 1.165) is 18.9 Å². The lowest BCUT2D eigenvalue weighted by molar-refractivity contribution is -0.127. The maximum atomic E-state index is 13.4. The van der Waals surface area contributed by atoms with E-state index >= 15 is 0 Å². The largest absolute Gasteiger partial charge is 0.354 e. The van der Waals surface area contributed by atoms with Crippen LogP contribution in [0.4, 0.5) is 8.78 Å². The van der Waals surface area contributed by atoms with Crippen LogP contribution in [0.1, 0.15) is 44.2 Å². The van der Waals surface area contributed by atoms with Gasteiger partial charge < -0.3 is 15.5 Å². The number of hydrogen-bond donors (Lipinski definition) is 2. The number of nitrogens with zero attached hydrogens (tertiary/aromatic N) is 2. The Kier molecular flexibility index (Phi) is 9.24. The van der Waals surface area contributed by atoms with Crippen molar-refractivity contribution in [2.75, 3.05) is 20.6 Å². The van der Waals surface area contributed by atoms with E-state index in [1.807, 2.05) is 6.92 Å². The van der Waals surface area contributed by atoms with Crippen LogP contribution < -0.4 is 10.6 Å². The zero-order valence-electron chi connectivity index (χ0n) is 15.4. The highest BCUT2D eigenvalue weighted by molar-refractivity contribution is 14.0. The van der Waals surface area contributed by atoms with Gasteiger partial charge in [-0.05, 0) is 37.5 Å². The lowest BCUT2D eigenvalue weighted by Gasteiger charge is -2.22. The number of rotatable bonds is 5. The van der Waals surface area contributed by atoms with Crippen LogP contribution >= 0.6 is 24.0 Å². The monoisotopic (exact) mass is 480 g/mol. The number of halogens is 3. The summed E-state index contributed by atoms with van der Waals surface area (Å²) in [6.07, 6.45) is 4.45. The molecule has 1 atom stereocenters. The molecule has 2 N–H and O–H groups in total. The Morgan fingerprint density at radius 1 is 1.27 bits per heavy atom. The van der Waals surface area contributed by atoms with Gasteiger partial charge in [0.2, 0.25) is 5.91 Å². The molecular weight excluding hydrogens is 453 g/mol. The number of likely N-dealkylation sites (N-methyl/N-ethyl adjacent to an activating group) is 1. The standard InChI is InChI=1S/C18H26F2N4O.HI/c1-12(13-8-9-15(19)16(20)10-13)22-18(21-11-17(25)24(2)3)23-14-6-4-5-7-14;/h8-10,12,14H,4-7,11H2,1-3H3,(H2,21,22,23);1H. The van der Waals surface area contributed by atoms with Crippen LogP contribution in [0.25, 0.3) is 0 Å². The molecule has 0 heterocycles. The van der Waals surface area contributed by atoms with E-state index in [1.165, 1.54) is 29.9 Å². The fraction of sp³-hybridized carbons (Fsp3) is 0.556. The summed E-state index contributed by atoms with van der Waals surface area (Å²) >= 11 is 0. The molecule has 1 amide bonds. The highest BCUT2D eigenvalue weighted by Gasteiger charge is 2.18. The van der Waals surface area contributed by atoms with Gasteiger partial charge in [-0.3, -0.25) is 4.79 Å². The molecule has 1 aliphatic rings.